The van der Waals surface area contributed by atoms with Crippen LogP contribution in [0.15, 0.2) is 63.5 Å². The zero-order chi connectivity index (χ0) is 18.8. The van der Waals surface area contributed by atoms with Crippen LogP contribution in [0.4, 0.5) is 11.4 Å². The van der Waals surface area contributed by atoms with Gasteiger partial charge in [-0.2, -0.15) is 0 Å². The highest BCUT2D eigenvalue weighted by Crippen LogP contribution is 2.48. The Morgan fingerprint density at radius 3 is 2.33 bits per heavy atom. The Labute approximate surface area is 166 Å². The first kappa shape index (κ1) is 18.1. The average Bonchev–Trinajstić information content (AvgIpc) is 3.10. The third-order valence-corrected chi connectivity index (χ3v) is 6.12. The van der Waals surface area contributed by atoms with Crippen molar-refractivity contribution in [1.82, 2.24) is 20.2 Å². The van der Waals surface area contributed by atoms with Crippen molar-refractivity contribution in [3.8, 4) is 0 Å². The number of thioether (sulfide) groups is 1. The zero-order valence-electron chi connectivity index (χ0n) is 15.1. The van der Waals surface area contributed by atoms with Crippen LogP contribution < -0.4 is 4.90 Å². The van der Waals surface area contributed by atoms with E-state index >= 15 is 0 Å². The monoisotopic (exact) mass is 397 g/mol. The Hall–Kier alpha value is -2.32. The molecular weight excluding hydrogens is 378 g/mol. The van der Waals surface area contributed by atoms with Gasteiger partial charge in [0, 0.05) is 16.3 Å². The van der Waals surface area contributed by atoms with Crippen molar-refractivity contribution in [3.05, 3.63) is 48.5 Å². The molecule has 0 unspecified atom stereocenters. The summed E-state index contributed by atoms with van der Waals surface area (Å²) in [4.78, 5) is 17.1. The molecule has 0 saturated carbocycles. The number of tetrazole rings is 1. The van der Waals surface area contributed by atoms with Crippen LogP contribution in [-0.4, -0.2) is 31.9 Å². The normalized spacial score (nSPS) is 12.8. The number of hydrogen-bond donors (Lipinski definition) is 0. The maximum absolute atomic E-state index is 13.2. The van der Waals surface area contributed by atoms with Crippen LogP contribution in [0.2, 0.25) is 0 Å². The van der Waals surface area contributed by atoms with Crippen LogP contribution in [-0.2, 0) is 11.3 Å². The van der Waals surface area contributed by atoms with Gasteiger partial charge in [-0.05, 0) is 40.6 Å². The van der Waals surface area contributed by atoms with Crippen LogP contribution >= 0.6 is 23.5 Å². The Morgan fingerprint density at radius 2 is 1.70 bits per heavy atom. The Morgan fingerprint density at radius 1 is 1.07 bits per heavy atom. The van der Waals surface area contributed by atoms with Gasteiger partial charge in [0.2, 0.25) is 11.1 Å². The van der Waals surface area contributed by atoms with Gasteiger partial charge in [0.05, 0.1) is 17.1 Å². The van der Waals surface area contributed by atoms with Crippen LogP contribution in [0.3, 0.4) is 0 Å². The average molecular weight is 398 g/mol. The van der Waals surface area contributed by atoms with Gasteiger partial charge in [0.25, 0.3) is 0 Å². The first-order chi connectivity index (χ1) is 13.1. The van der Waals surface area contributed by atoms with Crippen LogP contribution in [0.25, 0.3) is 0 Å². The van der Waals surface area contributed by atoms with Crippen molar-refractivity contribution in [2.45, 2.75) is 35.3 Å². The molecule has 8 heteroatoms. The number of rotatable bonds is 5. The molecule has 27 heavy (non-hydrogen) atoms. The van der Waals surface area contributed by atoms with Gasteiger partial charge in [-0.1, -0.05) is 61.6 Å². The minimum Gasteiger partial charge on any atom is -0.278 e. The fraction of sp³-hybridized carbons (Fsp3) is 0.263. The van der Waals surface area contributed by atoms with E-state index in [1.165, 1.54) is 11.8 Å². The van der Waals surface area contributed by atoms with E-state index in [0.29, 0.717) is 11.1 Å². The van der Waals surface area contributed by atoms with Gasteiger partial charge in [0.15, 0.2) is 0 Å². The molecule has 1 aliphatic heterocycles. The van der Waals surface area contributed by atoms with E-state index in [9.17, 15) is 4.79 Å². The van der Waals surface area contributed by atoms with E-state index in [2.05, 4.69) is 29.4 Å². The summed E-state index contributed by atoms with van der Waals surface area (Å²) in [6.07, 6.45) is 0. The molecule has 138 valence electrons. The lowest BCUT2D eigenvalue weighted by Crippen LogP contribution is -2.30. The number of para-hydroxylation sites is 2. The summed E-state index contributed by atoms with van der Waals surface area (Å²) in [6.45, 7) is 4.95. The molecule has 1 aromatic heterocycles. The second-order valence-electron chi connectivity index (χ2n) is 6.59. The highest BCUT2D eigenvalue weighted by molar-refractivity contribution is 8.00. The number of hydrogen-bond acceptors (Lipinski definition) is 6. The summed E-state index contributed by atoms with van der Waals surface area (Å²) in [6, 6.07) is 16.0. The Balaban J connectivity index is 1.58. The number of fused-ring (bicyclic) bond motifs is 2. The first-order valence-electron chi connectivity index (χ1n) is 8.71. The van der Waals surface area contributed by atoms with Crippen LogP contribution in [0.1, 0.15) is 13.8 Å². The number of aromatic nitrogens is 4. The fourth-order valence-corrected chi connectivity index (χ4v) is 4.72. The van der Waals surface area contributed by atoms with Crippen molar-refractivity contribution in [2.24, 2.45) is 5.92 Å². The minimum atomic E-state index is 0.0132. The third kappa shape index (κ3) is 3.72. The number of amides is 1. The van der Waals surface area contributed by atoms with E-state index < -0.39 is 0 Å². The molecule has 0 aliphatic carbocycles. The maximum Gasteiger partial charge on any atom is 0.242 e. The van der Waals surface area contributed by atoms with Gasteiger partial charge < -0.3 is 0 Å². The molecule has 6 nitrogen and oxygen atoms in total. The van der Waals surface area contributed by atoms with Crippen molar-refractivity contribution in [1.29, 1.82) is 0 Å². The lowest BCUT2D eigenvalue weighted by atomic mass is 10.2. The number of anilines is 2. The highest BCUT2D eigenvalue weighted by atomic mass is 32.2. The molecule has 0 radical (unpaired) electrons. The van der Waals surface area contributed by atoms with Crippen LogP contribution in [0, 0.1) is 5.92 Å². The predicted octanol–water partition coefficient (Wildman–Crippen LogP) is 4.25. The third-order valence-electron chi connectivity index (χ3n) is 4.04. The maximum atomic E-state index is 13.2. The van der Waals surface area contributed by atoms with Crippen LogP contribution in [0.5, 0.6) is 0 Å². The SMILES string of the molecule is CC(C)Cn1nnnc1SCC(=O)N1c2ccccc2Sc2ccccc21. The summed E-state index contributed by atoms with van der Waals surface area (Å²) < 4.78 is 1.76. The molecule has 0 N–H and O–H groups in total. The van der Waals surface area contributed by atoms with E-state index in [0.717, 1.165) is 27.7 Å². The second kappa shape index (κ2) is 7.74. The highest BCUT2D eigenvalue weighted by Gasteiger charge is 2.28. The van der Waals surface area contributed by atoms with Crippen molar-refractivity contribution in [3.63, 3.8) is 0 Å². The van der Waals surface area contributed by atoms with Crippen molar-refractivity contribution < 1.29 is 4.79 Å². The predicted molar refractivity (Wildman–Crippen MR) is 108 cm³/mol. The second-order valence-corrected chi connectivity index (χ2v) is 8.62. The van der Waals surface area contributed by atoms with E-state index in [1.54, 1.807) is 16.4 Å². The smallest absolute Gasteiger partial charge is 0.242 e. The summed E-state index contributed by atoms with van der Waals surface area (Å²) in [5.41, 5.74) is 1.85. The summed E-state index contributed by atoms with van der Waals surface area (Å²) in [5, 5.41) is 12.5. The molecule has 0 fully saturated rings. The lowest BCUT2D eigenvalue weighted by Gasteiger charge is -2.30. The van der Waals surface area contributed by atoms with Crippen molar-refractivity contribution >= 4 is 40.8 Å². The quantitative estimate of drug-likeness (QED) is 0.600. The number of carbonyl (C=O) groups is 1. The zero-order valence-corrected chi connectivity index (χ0v) is 16.7. The Bertz CT molecular complexity index is 926. The summed E-state index contributed by atoms with van der Waals surface area (Å²) in [5.74, 6) is 0.715. The lowest BCUT2D eigenvalue weighted by molar-refractivity contribution is -0.115. The topological polar surface area (TPSA) is 63.9 Å². The van der Waals surface area contributed by atoms with E-state index in [1.807, 2.05) is 53.4 Å². The fourth-order valence-electron chi connectivity index (χ4n) is 2.92. The summed E-state index contributed by atoms with van der Waals surface area (Å²) >= 11 is 3.07. The molecule has 2 heterocycles. The van der Waals surface area contributed by atoms with Gasteiger partial charge in [-0.15, -0.1) is 5.10 Å². The molecule has 0 spiro atoms. The van der Waals surface area contributed by atoms with Gasteiger partial charge in [-0.3, -0.25) is 9.69 Å². The largest absolute Gasteiger partial charge is 0.278 e. The molecule has 2 aromatic carbocycles. The van der Waals surface area contributed by atoms with Gasteiger partial charge in [0.1, 0.15) is 0 Å². The molecule has 4 rings (SSSR count). The molecular formula is C19H19N5OS2. The molecule has 0 atom stereocenters. The summed E-state index contributed by atoms with van der Waals surface area (Å²) in [7, 11) is 0. The first-order valence-corrected chi connectivity index (χ1v) is 10.5. The number of benzene rings is 2. The Kier molecular flexibility index (Phi) is 5.18. The van der Waals surface area contributed by atoms with E-state index in [4.69, 9.17) is 0 Å². The molecule has 0 bridgehead atoms. The van der Waals surface area contributed by atoms with Gasteiger partial charge in [-0.25, -0.2) is 4.68 Å². The number of carbonyl (C=O) groups excluding carboxylic acids is 1. The standard InChI is InChI=1S/C19H19N5OS2/c1-13(2)11-23-19(20-21-22-23)26-12-18(25)24-14-7-3-5-9-16(14)27-17-10-6-4-8-15(17)24/h3-10,13H,11-12H2,1-2H3. The molecule has 1 aliphatic rings. The molecule has 3 aromatic rings. The van der Waals surface area contributed by atoms with Crippen molar-refractivity contribution in [2.75, 3.05) is 10.7 Å². The molecule has 1 amide bonds. The van der Waals surface area contributed by atoms with E-state index in [-0.39, 0.29) is 11.7 Å². The van der Waals surface area contributed by atoms with Gasteiger partial charge >= 0.3 is 0 Å². The molecule has 0 saturated heterocycles. The number of nitrogens with zero attached hydrogens (tertiary/aromatic N) is 5. The minimum absolute atomic E-state index is 0.0132.